The largest absolute Gasteiger partial charge is 0.479 e. The van der Waals surface area contributed by atoms with E-state index < -0.39 is 0 Å². The number of thiophene rings is 1. The Balaban J connectivity index is 2.01. The van der Waals surface area contributed by atoms with E-state index in [1.165, 1.54) is 16.1 Å². The second-order valence-electron chi connectivity index (χ2n) is 4.96. The van der Waals surface area contributed by atoms with Gasteiger partial charge in [0, 0.05) is 22.2 Å². The summed E-state index contributed by atoms with van der Waals surface area (Å²) >= 11 is 1.80. The van der Waals surface area contributed by atoms with Gasteiger partial charge in [0.1, 0.15) is 6.33 Å². The van der Waals surface area contributed by atoms with Crippen molar-refractivity contribution in [3.05, 3.63) is 28.2 Å². The number of aromatic nitrogens is 4. The van der Waals surface area contributed by atoms with Crippen LogP contribution < -0.4 is 10.5 Å². The van der Waals surface area contributed by atoms with Gasteiger partial charge >= 0.3 is 0 Å². The summed E-state index contributed by atoms with van der Waals surface area (Å²) in [5, 5.41) is 0. The number of anilines is 1. The van der Waals surface area contributed by atoms with Crippen molar-refractivity contribution >= 4 is 28.4 Å². The van der Waals surface area contributed by atoms with Gasteiger partial charge in [-0.15, -0.1) is 11.3 Å². The Labute approximate surface area is 126 Å². The molecular weight excluding hydrogens is 286 g/mol. The van der Waals surface area contributed by atoms with Gasteiger partial charge < -0.3 is 10.5 Å². The maximum atomic E-state index is 6.07. The molecule has 0 amide bonds. The van der Waals surface area contributed by atoms with Crippen LogP contribution in [0, 0.1) is 6.92 Å². The molecule has 7 heteroatoms. The zero-order valence-corrected chi connectivity index (χ0v) is 13.0. The molecule has 1 unspecified atom stereocenters. The third-order valence-corrected chi connectivity index (χ3v) is 4.42. The van der Waals surface area contributed by atoms with Crippen LogP contribution in [0.15, 0.2) is 18.5 Å². The fourth-order valence-corrected chi connectivity index (χ4v) is 3.48. The maximum absolute atomic E-state index is 6.07. The number of imidazole rings is 1. The zero-order chi connectivity index (χ0) is 15.0. The summed E-state index contributed by atoms with van der Waals surface area (Å²) in [7, 11) is 1.56. The minimum atomic E-state index is 0.160. The summed E-state index contributed by atoms with van der Waals surface area (Å²) in [4.78, 5) is 15.4. The molecule has 0 saturated heterocycles. The van der Waals surface area contributed by atoms with Gasteiger partial charge in [-0.3, -0.25) is 4.57 Å². The Kier molecular flexibility index (Phi) is 3.50. The minimum absolute atomic E-state index is 0.160. The Morgan fingerprint density at radius 2 is 2.19 bits per heavy atom. The van der Waals surface area contributed by atoms with Gasteiger partial charge in [-0.2, -0.15) is 4.98 Å². The third kappa shape index (κ3) is 2.44. The molecule has 0 spiro atoms. The van der Waals surface area contributed by atoms with Crippen molar-refractivity contribution in [1.29, 1.82) is 0 Å². The summed E-state index contributed by atoms with van der Waals surface area (Å²) in [5.41, 5.74) is 7.38. The smallest absolute Gasteiger partial charge is 0.245 e. The molecule has 6 nitrogen and oxygen atoms in total. The predicted octanol–water partition coefficient (Wildman–Crippen LogP) is 2.59. The zero-order valence-electron chi connectivity index (χ0n) is 12.2. The number of nitrogens with zero attached hydrogens (tertiary/aromatic N) is 4. The molecule has 0 fully saturated rings. The lowest BCUT2D eigenvalue weighted by Crippen LogP contribution is -2.11. The van der Waals surface area contributed by atoms with E-state index in [1.54, 1.807) is 18.4 Å². The molecule has 1 atom stereocenters. The second-order valence-corrected chi connectivity index (χ2v) is 6.33. The molecule has 2 N–H and O–H groups in total. The highest BCUT2D eigenvalue weighted by atomic mass is 32.1. The molecule has 0 aliphatic carbocycles. The number of rotatable bonds is 4. The van der Waals surface area contributed by atoms with Gasteiger partial charge in [0.15, 0.2) is 11.2 Å². The topological polar surface area (TPSA) is 78.8 Å². The highest BCUT2D eigenvalue weighted by Crippen LogP contribution is 2.29. The molecule has 0 aromatic carbocycles. The Bertz CT molecular complexity index is 779. The third-order valence-electron chi connectivity index (χ3n) is 3.40. The van der Waals surface area contributed by atoms with Crippen LogP contribution in [0.1, 0.15) is 22.7 Å². The van der Waals surface area contributed by atoms with Crippen LogP contribution in [0.4, 0.5) is 5.95 Å². The summed E-state index contributed by atoms with van der Waals surface area (Å²) in [6, 6.07) is 4.45. The van der Waals surface area contributed by atoms with Gasteiger partial charge in [0.2, 0.25) is 11.8 Å². The average Bonchev–Trinajstić information content (AvgIpc) is 3.00. The number of methoxy groups -OCH3 is 1. The van der Waals surface area contributed by atoms with E-state index in [0.717, 1.165) is 6.42 Å². The molecule has 3 heterocycles. The first-order valence-corrected chi connectivity index (χ1v) is 7.49. The lowest BCUT2D eigenvalue weighted by molar-refractivity contribution is 0.401. The minimum Gasteiger partial charge on any atom is -0.479 e. The maximum Gasteiger partial charge on any atom is 0.245 e. The summed E-state index contributed by atoms with van der Waals surface area (Å²) in [6.07, 6.45) is 2.36. The van der Waals surface area contributed by atoms with Crippen LogP contribution in [0.2, 0.25) is 0 Å². The van der Waals surface area contributed by atoms with Crippen molar-refractivity contribution < 1.29 is 4.74 Å². The van der Waals surface area contributed by atoms with Crippen molar-refractivity contribution in [2.75, 3.05) is 12.8 Å². The quantitative estimate of drug-likeness (QED) is 0.801. The molecule has 3 rings (SSSR count). The fraction of sp³-hybridized carbons (Fsp3) is 0.357. The van der Waals surface area contributed by atoms with E-state index in [-0.39, 0.29) is 6.04 Å². The van der Waals surface area contributed by atoms with Gasteiger partial charge in [-0.25, -0.2) is 9.97 Å². The van der Waals surface area contributed by atoms with Gasteiger partial charge in [0.05, 0.1) is 7.11 Å². The molecule has 0 radical (unpaired) electrons. The number of nitrogen functional groups attached to an aromatic ring is 1. The molecule has 3 aromatic heterocycles. The van der Waals surface area contributed by atoms with Crippen LogP contribution in [0.5, 0.6) is 5.88 Å². The molecule has 0 aliphatic heterocycles. The van der Waals surface area contributed by atoms with E-state index in [4.69, 9.17) is 10.5 Å². The van der Waals surface area contributed by atoms with E-state index in [1.807, 2.05) is 4.57 Å². The van der Waals surface area contributed by atoms with Crippen molar-refractivity contribution in [3.8, 4) is 5.88 Å². The molecule has 21 heavy (non-hydrogen) atoms. The normalized spacial score (nSPS) is 12.7. The number of hydrogen-bond acceptors (Lipinski definition) is 6. The highest BCUT2D eigenvalue weighted by Gasteiger charge is 2.19. The van der Waals surface area contributed by atoms with E-state index in [2.05, 4.69) is 40.9 Å². The number of hydrogen-bond donors (Lipinski definition) is 1. The van der Waals surface area contributed by atoms with E-state index in [0.29, 0.717) is 23.0 Å². The lowest BCUT2D eigenvalue weighted by Gasteiger charge is -2.14. The van der Waals surface area contributed by atoms with Crippen molar-refractivity contribution in [2.24, 2.45) is 0 Å². The molecule has 110 valence electrons. The average molecular weight is 303 g/mol. The fourth-order valence-electron chi connectivity index (χ4n) is 2.47. The number of ether oxygens (including phenoxy) is 1. The lowest BCUT2D eigenvalue weighted by atomic mass is 10.2. The summed E-state index contributed by atoms with van der Waals surface area (Å²) in [5.74, 6) is 0.884. The van der Waals surface area contributed by atoms with Gasteiger partial charge in [0.25, 0.3) is 0 Å². The van der Waals surface area contributed by atoms with Gasteiger partial charge in [-0.1, -0.05) is 0 Å². The summed E-state index contributed by atoms with van der Waals surface area (Å²) in [6.45, 7) is 4.22. The number of fused-ring (bicyclic) bond motifs is 1. The SMILES string of the molecule is COc1ncnc2c1nc(N)n2C(C)Cc1ccc(C)s1. The van der Waals surface area contributed by atoms with Crippen LogP contribution in [0.3, 0.4) is 0 Å². The molecule has 0 bridgehead atoms. The Morgan fingerprint density at radius 3 is 2.86 bits per heavy atom. The van der Waals surface area contributed by atoms with Crippen molar-refractivity contribution in [1.82, 2.24) is 19.5 Å². The number of nitrogens with two attached hydrogens (primary N) is 1. The first-order chi connectivity index (χ1) is 10.1. The van der Waals surface area contributed by atoms with Crippen LogP contribution in [0.25, 0.3) is 11.2 Å². The first-order valence-electron chi connectivity index (χ1n) is 6.68. The molecule has 0 saturated carbocycles. The standard InChI is InChI=1S/C14H17N5OS/c1-8(6-10-5-4-9(2)21-10)19-12-11(18-14(19)15)13(20-3)17-7-16-12/h4-5,7-8H,6H2,1-3H3,(H2,15,18). The highest BCUT2D eigenvalue weighted by molar-refractivity contribution is 7.11. The van der Waals surface area contributed by atoms with E-state index in [9.17, 15) is 0 Å². The van der Waals surface area contributed by atoms with Crippen LogP contribution >= 0.6 is 11.3 Å². The molecule has 0 aliphatic rings. The summed E-state index contributed by atoms with van der Waals surface area (Å²) < 4.78 is 7.16. The Hall–Kier alpha value is -2.15. The van der Waals surface area contributed by atoms with E-state index >= 15 is 0 Å². The predicted molar refractivity (Wildman–Crippen MR) is 83.8 cm³/mol. The molecule has 3 aromatic rings. The van der Waals surface area contributed by atoms with Crippen LogP contribution in [-0.4, -0.2) is 26.6 Å². The first kappa shape index (κ1) is 13.8. The van der Waals surface area contributed by atoms with Crippen molar-refractivity contribution in [2.45, 2.75) is 26.3 Å². The Morgan fingerprint density at radius 1 is 1.38 bits per heavy atom. The van der Waals surface area contributed by atoms with Gasteiger partial charge in [-0.05, 0) is 26.0 Å². The van der Waals surface area contributed by atoms with Crippen LogP contribution in [-0.2, 0) is 6.42 Å². The second kappa shape index (κ2) is 5.33. The number of aryl methyl sites for hydroxylation is 1. The monoisotopic (exact) mass is 303 g/mol. The molecular formula is C14H17N5OS. The van der Waals surface area contributed by atoms with Crippen molar-refractivity contribution in [3.63, 3.8) is 0 Å².